The highest BCUT2D eigenvalue weighted by Gasteiger charge is 2.67. The van der Waals surface area contributed by atoms with Crippen LogP contribution in [0.1, 0.15) is 16.8 Å². The Morgan fingerprint density at radius 3 is 2.15 bits per heavy atom. The molecule has 7 rings (SSSR count). The van der Waals surface area contributed by atoms with E-state index in [4.69, 9.17) is 27.9 Å². The van der Waals surface area contributed by atoms with Gasteiger partial charge in [0.25, 0.3) is 5.91 Å². The van der Waals surface area contributed by atoms with E-state index in [0.717, 1.165) is 6.42 Å². The Morgan fingerprint density at radius 1 is 0.971 bits per heavy atom. The number of hydrogen-bond acceptors (Lipinski definition) is 4. The van der Waals surface area contributed by atoms with Crippen LogP contribution < -0.4 is 9.64 Å². The summed E-state index contributed by atoms with van der Waals surface area (Å²) in [6, 6.07) is 11.6. The van der Waals surface area contributed by atoms with E-state index in [1.54, 1.807) is 43.5 Å². The molecule has 6 nitrogen and oxygen atoms in total. The van der Waals surface area contributed by atoms with Crippen LogP contribution in [0.4, 0.5) is 5.69 Å². The van der Waals surface area contributed by atoms with Gasteiger partial charge in [-0.25, -0.2) is 0 Å². The van der Waals surface area contributed by atoms with Crippen LogP contribution in [-0.4, -0.2) is 36.4 Å². The Labute approximate surface area is 207 Å². The highest BCUT2D eigenvalue weighted by molar-refractivity contribution is 6.42. The summed E-state index contributed by atoms with van der Waals surface area (Å²) in [4.78, 5) is 43.3. The fraction of sp³-hybridized carbons (Fsp3) is 0.346. The maximum atomic E-state index is 13.6. The molecule has 8 heteroatoms. The van der Waals surface area contributed by atoms with Crippen molar-refractivity contribution >= 4 is 46.6 Å². The molecule has 2 bridgehead atoms. The van der Waals surface area contributed by atoms with E-state index < -0.39 is 0 Å². The molecule has 2 aromatic rings. The second kappa shape index (κ2) is 7.85. The summed E-state index contributed by atoms with van der Waals surface area (Å²) < 4.78 is 5.24. The van der Waals surface area contributed by atoms with Crippen LogP contribution in [0, 0.1) is 35.5 Å². The van der Waals surface area contributed by atoms with Crippen LogP contribution in [0.2, 0.25) is 10.0 Å². The number of allylic oxidation sites excluding steroid dienone is 2. The third-order valence-electron chi connectivity index (χ3n) is 7.83. The van der Waals surface area contributed by atoms with Crippen LogP contribution in [-0.2, 0) is 9.59 Å². The topological polar surface area (TPSA) is 66.9 Å². The monoisotopic (exact) mass is 496 g/mol. The van der Waals surface area contributed by atoms with E-state index in [0.29, 0.717) is 33.9 Å². The molecular weight excluding hydrogens is 475 g/mol. The molecule has 174 valence electrons. The smallest absolute Gasteiger partial charge is 0.259 e. The molecule has 5 aliphatic rings. The standard InChI is InChI=1S/C26H22Cl2N2O4/c1-34-15-5-3-14(4-6-15)29(24(31)13-2-9-20(27)21(28)10-13)12-30-25(32)22-16-7-8-17(19-11-18(16)19)23(22)26(30)33/h2-10,16-19,22-23H,11-12H2,1H3/t16-,17+,18-,19-,22+,23-/m1/s1. The van der Waals surface area contributed by atoms with Gasteiger partial charge >= 0.3 is 0 Å². The second-order valence-electron chi connectivity index (χ2n) is 9.46. The number of methoxy groups -OCH3 is 1. The van der Waals surface area contributed by atoms with Crippen molar-refractivity contribution in [3.05, 3.63) is 70.2 Å². The summed E-state index contributed by atoms with van der Waals surface area (Å²) in [7, 11) is 1.56. The lowest BCUT2D eigenvalue weighted by Crippen LogP contribution is -2.45. The molecule has 1 saturated heterocycles. The van der Waals surface area contributed by atoms with Crippen LogP contribution in [0.5, 0.6) is 5.75 Å². The van der Waals surface area contributed by atoms with E-state index in [9.17, 15) is 14.4 Å². The quantitative estimate of drug-likeness (QED) is 0.445. The number of hydrogen-bond donors (Lipinski definition) is 0. The van der Waals surface area contributed by atoms with Crippen molar-refractivity contribution in [3.63, 3.8) is 0 Å². The highest BCUT2D eigenvalue weighted by Crippen LogP contribution is 2.65. The minimum Gasteiger partial charge on any atom is -0.497 e. The van der Waals surface area contributed by atoms with Crippen molar-refractivity contribution in [1.82, 2.24) is 4.90 Å². The molecule has 4 aliphatic carbocycles. The molecule has 1 aliphatic heterocycles. The van der Waals surface area contributed by atoms with E-state index in [1.165, 1.54) is 15.9 Å². The van der Waals surface area contributed by atoms with Gasteiger partial charge in [-0.3, -0.25) is 24.2 Å². The number of amides is 3. The van der Waals surface area contributed by atoms with Crippen molar-refractivity contribution in [2.75, 3.05) is 18.7 Å². The number of nitrogens with zero attached hydrogens (tertiary/aromatic N) is 2. The lowest BCUT2D eigenvalue weighted by atomic mass is 9.63. The van der Waals surface area contributed by atoms with Gasteiger partial charge in [-0.2, -0.15) is 0 Å². The molecule has 0 unspecified atom stereocenters. The van der Waals surface area contributed by atoms with Crippen molar-refractivity contribution in [3.8, 4) is 5.75 Å². The zero-order valence-electron chi connectivity index (χ0n) is 18.4. The van der Waals surface area contributed by atoms with Gasteiger partial charge in [-0.15, -0.1) is 0 Å². The van der Waals surface area contributed by atoms with Crippen molar-refractivity contribution in [1.29, 1.82) is 0 Å². The zero-order chi connectivity index (χ0) is 23.7. The number of carbonyl (C=O) groups excluding carboxylic acids is 3. The van der Waals surface area contributed by atoms with Gasteiger partial charge in [-0.1, -0.05) is 35.4 Å². The maximum absolute atomic E-state index is 13.6. The van der Waals surface area contributed by atoms with Gasteiger partial charge in [0, 0.05) is 11.3 Å². The average Bonchev–Trinajstić information content (AvgIpc) is 3.64. The Balaban J connectivity index is 1.34. The van der Waals surface area contributed by atoms with Crippen LogP contribution in [0.15, 0.2) is 54.6 Å². The summed E-state index contributed by atoms with van der Waals surface area (Å²) in [5.41, 5.74) is 0.848. The number of imide groups is 1. The molecule has 2 aromatic carbocycles. The van der Waals surface area contributed by atoms with Gasteiger partial charge in [0.15, 0.2) is 0 Å². The average molecular weight is 497 g/mol. The molecule has 0 radical (unpaired) electrons. The number of rotatable bonds is 5. The molecule has 0 N–H and O–H groups in total. The SMILES string of the molecule is COc1ccc(N(CN2C(=O)[C@@H]3[C@H]4C=C[C@H]([C@H]5C[C@H]45)[C@@H]3C2=O)C(=O)c2ccc(Cl)c(Cl)c2)cc1. The minimum absolute atomic E-state index is 0.127. The van der Waals surface area contributed by atoms with Gasteiger partial charge in [0.05, 0.1) is 29.0 Å². The first-order valence-electron chi connectivity index (χ1n) is 11.3. The third kappa shape index (κ3) is 3.19. The predicted octanol–water partition coefficient (Wildman–Crippen LogP) is 4.66. The van der Waals surface area contributed by atoms with Gasteiger partial charge in [0.1, 0.15) is 12.4 Å². The lowest BCUT2D eigenvalue weighted by molar-refractivity contribution is -0.140. The molecule has 2 saturated carbocycles. The Kier molecular flexibility index (Phi) is 5.01. The first-order valence-corrected chi connectivity index (χ1v) is 12.1. The number of halogens is 2. The molecular formula is C26H22Cl2N2O4. The summed E-state index contributed by atoms with van der Waals surface area (Å²) in [6.45, 7) is -0.162. The zero-order valence-corrected chi connectivity index (χ0v) is 19.9. The summed E-state index contributed by atoms with van der Waals surface area (Å²) in [5, 5.41) is 0.591. The number of anilines is 1. The number of likely N-dealkylation sites (tertiary alicyclic amines) is 1. The van der Waals surface area contributed by atoms with Crippen LogP contribution in [0.3, 0.4) is 0 Å². The number of ether oxygens (including phenoxy) is 1. The molecule has 6 atom stereocenters. The summed E-state index contributed by atoms with van der Waals surface area (Å²) >= 11 is 12.2. The van der Waals surface area contributed by atoms with E-state index in [1.807, 2.05) is 0 Å². The summed E-state index contributed by atoms with van der Waals surface area (Å²) in [6.07, 6.45) is 5.37. The molecule has 3 amide bonds. The molecule has 1 heterocycles. The minimum atomic E-state index is -0.386. The molecule has 34 heavy (non-hydrogen) atoms. The Bertz CT molecular complexity index is 1210. The molecule has 0 spiro atoms. The van der Waals surface area contributed by atoms with Gasteiger partial charge in [0.2, 0.25) is 11.8 Å². The molecule has 0 aromatic heterocycles. The molecule has 3 fully saturated rings. The van der Waals surface area contributed by atoms with E-state index in [2.05, 4.69) is 12.2 Å². The fourth-order valence-corrected chi connectivity index (χ4v) is 6.41. The third-order valence-corrected chi connectivity index (χ3v) is 8.57. The first kappa shape index (κ1) is 21.7. The fourth-order valence-electron chi connectivity index (χ4n) is 6.11. The van der Waals surface area contributed by atoms with Crippen LogP contribution >= 0.6 is 23.2 Å². The largest absolute Gasteiger partial charge is 0.497 e. The normalized spacial score (nSPS) is 30.3. The predicted molar refractivity (Wildman–Crippen MR) is 128 cm³/mol. The maximum Gasteiger partial charge on any atom is 0.259 e. The Morgan fingerprint density at radius 2 is 1.59 bits per heavy atom. The first-order chi connectivity index (χ1) is 16.4. The van der Waals surface area contributed by atoms with Crippen LogP contribution in [0.25, 0.3) is 0 Å². The van der Waals surface area contributed by atoms with Crippen molar-refractivity contribution in [2.24, 2.45) is 35.5 Å². The highest BCUT2D eigenvalue weighted by atomic mass is 35.5. The lowest BCUT2D eigenvalue weighted by Gasteiger charge is -2.37. The second-order valence-corrected chi connectivity index (χ2v) is 10.3. The van der Waals surface area contributed by atoms with E-state index >= 15 is 0 Å². The summed E-state index contributed by atoms with van der Waals surface area (Å²) in [5.74, 6) is 0.540. The Hall–Kier alpha value is -2.83. The number of carbonyl (C=O) groups is 3. The van der Waals surface area contributed by atoms with Gasteiger partial charge in [-0.05, 0) is 72.6 Å². The number of benzene rings is 2. The van der Waals surface area contributed by atoms with E-state index in [-0.39, 0.29) is 53.1 Å². The van der Waals surface area contributed by atoms with Crippen molar-refractivity contribution < 1.29 is 19.1 Å². The van der Waals surface area contributed by atoms with Crippen molar-refractivity contribution in [2.45, 2.75) is 6.42 Å². The van der Waals surface area contributed by atoms with Gasteiger partial charge < -0.3 is 4.74 Å².